The first-order valence-electron chi connectivity index (χ1n) is 9.55. The SMILES string of the molecule is COc1cccc(CN2CCN(C3CCCC3)C(CCO)C2)c1OC. The van der Waals surface area contributed by atoms with Crippen molar-refractivity contribution in [3.05, 3.63) is 23.8 Å². The van der Waals surface area contributed by atoms with Gasteiger partial charge in [0.05, 0.1) is 14.2 Å². The standard InChI is InChI=1S/C20H32N2O3/c1-24-19-9-5-6-16(20(19)25-2)14-21-11-12-22(17-7-3-4-8-17)18(15-21)10-13-23/h5-6,9,17-18,23H,3-4,7-8,10-15H2,1-2H3. The third-order valence-electron chi connectivity index (χ3n) is 5.75. The van der Waals surface area contributed by atoms with Crippen molar-refractivity contribution in [2.45, 2.75) is 50.7 Å². The summed E-state index contributed by atoms with van der Waals surface area (Å²) in [4.78, 5) is 5.16. The molecule has 2 aliphatic rings. The molecule has 1 aromatic carbocycles. The van der Waals surface area contributed by atoms with Crippen LogP contribution in [0.3, 0.4) is 0 Å². The molecule has 1 saturated heterocycles. The van der Waals surface area contributed by atoms with E-state index >= 15 is 0 Å². The number of ether oxygens (including phenoxy) is 2. The average molecular weight is 348 g/mol. The van der Waals surface area contributed by atoms with Crippen LogP contribution >= 0.6 is 0 Å². The van der Waals surface area contributed by atoms with Crippen molar-refractivity contribution in [2.24, 2.45) is 0 Å². The molecule has 3 rings (SSSR count). The highest BCUT2D eigenvalue weighted by atomic mass is 16.5. The molecule has 1 saturated carbocycles. The normalized spacial score (nSPS) is 23.1. The van der Waals surface area contributed by atoms with Gasteiger partial charge in [-0.25, -0.2) is 0 Å². The lowest BCUT2D eigenvalue weighted by atomic mass is 10.0. The number of aliphatic hydroxyl groups is 1. The van der Waals surface area contributed by atoms with Crippen molar-refractivity contribution in [2.75, 3.05) is 40.5 Å². The summed E-state index contributed by atoms with van der Waals surface area (Å²) in [7, 11) is 3.38. The lowest BCUT2D eigenvalue weighted by Gasteiger charge is -2.44. The molecule has 1 atom stereocenters. The summed E-state index contributed by atoms with van der Waals surface area (Å²) in [5.41, 5.74) is 1.17. The molecule has 5 heteroatoms. The summed E-state index contributed by atoms with van der Waals surface area (Å²) in [5, 5.41) is 9.52. The van der Waals surface area contributed by atoms with Gasteiger partial charge in [-0.2, -0.15) is 0 Å². The number of benzene rings is 1. The van der Waals surface area contributed by atoms with Crippen molar-refractivity contribution in [3.63, 3.8) is 0 Å². The van der Waals surface area contributed by atoms with E-state index in [2.05, 4.69) is 15.9 Å². The molecule has 0 amide bonds. The molecule has 140 valence electrons. The van der Waals surface area contributed by atoms with Crippen molar-refractivity contribution >= 4 is 0 Å². The first-order valence-corrected chi connectivity index (χ1v) is 9.55. The van der Waals surface area contributed by atoms with E-state index in [1.807, 2.05) is 12.1 Å². The Kier molecular flexibility index (Phi) is 6.57. The van der Waals surface area contributed by atoms with E-state index in [4.69, 9.17) is 9.47 Å². The van der Waals surface area contributed by atoms with Gasteiger partial charge in [-0.05, 0) is 25.3 Å². The van der Waals surface area contributed by atoms with E-state index in [1.54, 1.807) is 14.2 Å². The lowest BCUT2D eigenvalue weighted by Crippen LogP contribution is -2.56. The van der Waals surface area contributed by atoms with Crippen LogP contribution in [0.25, 0.3) is 0 Å². The fraction of sp³-hybridized carbons (Fsp3) is 0.700. The molecular weight excluding hydrogens is 316 g/mol. The highest BCUT2D eigenvalue weighted by Gasteiger charge is 2.33. The third-order valence-corrected chi connectivity index (χ3v) is 5.75. The number of aliphatic hydroxyl groups excluding tert-OH is 1. The van der Waals surface area contributed by atoms with Gasteiger partial charge < -0.3 is 14.6 Å². The molecule has 0 radical (unpaired) electrons. The fourth-order valence-corrected chi connectivity index (χ4v) is 4.52. The zero-order chi connectivity index (χ0) is 17.6. The van der Waals surface area contributed by atoms with Gasteiger partial charge >= 0.3 is 0 Å². The molecule has 25 heavy (non-hydrogen) atoms. The van der Waals surface area contributed by atoms with E-state index in [0.29, 0.717) is 6.04 Å². The predicted molar refractivity (Wildman–Crippen MR) is 99.3 cm³/mol. The van der Waals surface area contributed by atoms with Crippen LogP contribution < -0.4 is 9.47 Å². The summed E-state index contributed by atoms with van der Waals surface area (Å²) in [6, 6.07) is 7.26. The van der Waals surface area contributed by atoms with Gasteiger partial charge in [-0.3, -0.25) is 9.80 Å². The van der Waals surface area contributed by atoms with E-state index in [-0.39, 0.29) is 6.61 Å². The second-order valence-electron chi connectivity index (χ2n) is 7.23. The third kappa shape index (κ3) is 4.27. The molecule has 1 aromatic rings. The van der Waals surface area contributed by atoms with Gasteiger partial charge in [0.25, 0.3) is 0 Å². The Bertz CT molecular complexity index is 546. The van der Waals surface area contributed by atoms with Crippen LogP contribution in [-0.2, 0) is 6.54 Å². The summed E-state index contributed by atoms with van der Waals surface area (Å²) in [5.74, 6) is 1.62. The Hall–Kier alpha value is -1.30. The Labute approximate surface area is 151 Å². The zero-order valence-corrected chi connectivity index (χ0v) is 15.6. The van der Waals surface area contributed by atoms with Gasteiger partial charge in [-0.15, -0.1) is 0 Å². The highest BCUT2D eigenvalue weighted by molar-refractivity contribution is 5.46. The van der Waals surface area contributed by atoms with Crippen LogP contribution in [0.15, 0.2) is 18.2 Å². The molecule has 0 bridgehead atoms. The summed E-state index contributed by atoms with van der Waals surface area (Å²) in [6.45, 7) is 4.31. The van der Waals surface area contributed by atoms with Crippen molar-refractivity contribution in [3.8, 4) is 11.5 Å². The average Bonchev–Trinajstić information content (AvgIpc) is 3.16. The topological polar surface area (TPSA) is 45.2 Å². The van der Waals surface area contributed by atoms with Crippen LogP contribution in [0.5, 0.6) is 11.5 Å². The quantitative estimate of drug-likeness (QED) is 0.820. The Morgan fingerprint density at radius 3 is 2.60 bits per heavy atom. The molecule has 0 aromatic heterocycles. The predicted octanol–water partition coefficient (Wildman–Crippen LogP) is 2.52. The minimum absolute atomic E-state index is 0.268. The molecule has 1 unspecified atom stereocenters. The zero-order valence-electron chi connectivity index (χ0n) is 15.6. The Morgan fingerprint density at radius 1 is 1.12 bits per heavy atom. The molecule has 1 N–H and O–H groups in total. The van der Waals surface area contributed by atoms with Gasteiger partial charge in [0.1, 0.15) is 0 Å². The number of piperazine rings is 1. The molecule has 5 nitrogen and oxygen atoms in total. The van der Waals surface area contributed by atoms with Gasteiger partial charge in [-0.1, -0.05) is 25.0 Å². The lowest BCUT2D eigenvalue weighted by molar-refractivity contribution is 0.0264. The molecule has 1 aliphatic carbocycles. The van der Waals surface area contributed by atoms with Gasteiger partial charge in [0, 0.05) is 50.4 Å². The second kappa shape index (κ2) is 8.88. The maximum atomic E-state index is 9.52. The molecular formula is C20H32N2O3. The van der Waals surface area contributed by atoms with Gasteiger partial charge in [0.2, 0.25) is 0 Å². The maximum Gasteiger partial charge on any atom is 0.165 e. The molecule has 2 fully saturated rings. The van der Waals surface area contributed by atoms with Crippen molar-refractivity contribution < 1.29 is 14.6 Å². The monoisotopic (exact) mass is 348 g/mol. The number of para-hydroxylation sites is 1. The molecule has 1 heterocycles. The Balaban J connectivity index is 1.68. The van der Waals surface area contributed by atoms with Crippen molar-refractivity contribution in [1.82, 2.24) is 9.80 Å². The number of hydrogen-bond acceptors (Lipinski definition) is 5. The summed E-state index contributed by atoms with van der Waals surface area (Å²) in [6.07, 6.45) is 6.23. The van der Waals surface area contributed by atoms with Crippen molar-refractivity contribution in [1.29, 1.82) is 0 Å². The minimum atomic E-state index is 0.268. The first-order chi connectivity index (χ1) is 12.3. The number of rotatable bonds is 7. The van der Waals surface area contributed by atoms with Crippen LogP contribution in [0.4, 0.5) is 0 Å². The Morgan fingerprint density at radius 2 is 1.92 bits per heavy atom. The van der Waals surface area contributed by atoms with Crippen LogP contribution in [0.1, 0.15) is 37.7 Å². The highest BCUT2D eigenvalue weighted by Crippen LogP contribution is 2.33. The van der Waals surface area contributed by atoms with E-state index in [9.17, 15) is 5.11 Å². The first kappa shape index (κ1) is 18.5. The largest absolute Gasteiger partial charge is 0.493 e. The summed E-state index contributed by atoms with van der Waals surface area (Å²) >= 11 is 0. The maximum absolute atomic E-state index is 9.52. The molecule has 0 spiro atoms. The van der Waals surface area contributed by atoms with Gasteiger partial charge in [0.15, 0.2) is 11.5 Å². The van der Waals surface area contributed by atoms with E-state index < -0.39 is 0 Å². The number of methoxy groups -OCH3 is 2. The number of hydrogen-bond donors (Lipinski definition) is 1. The minimum Gasteiger partial charge on any atom is -0.493 e. The smallest absolute Gasteiger partial charge is 0.165 e. The van der Waals surface area contributed by atoms with Crippen LogP contribution in [-0.4, -0.2) is 67.5 Å². The fourth-order valence-electron chi connectivity index (χ4n) is 4.52. The summed E-state index contributed by atoms with van der Waals surface area (Å²) < 4.78 is 11.0. The number of nitrogens with zero attached hydrogens (tertiary/aromatic N) is 2. The van der Waals surface area contributed by atoms with Crippen LogP contribution in [0.2, 0.25) is 0 Å². The molecule has 1 aliphatic heterocycles. The van der Waals surface area contributed by atoms with Crippen LogP contribution in [0, 0.1) is 0 Å². The second-order valence-corrected chi connectivity index (χ2v) is 7.23. The van der Waals surface area contributed by atoms with E-state index in [1.165, 1.54) is 31.2 Å². The van der Waals surface area contributed by atoms with E-state index in [0.717, 1.165) is 50.1 Å².